The molecule has 0 N–H and O–H groups in total. The molecular weight excluding hydrogens is 312 g/mol. The minimum Gasteiger partial charge on any atom is -0.466 e. The number of rotatable bonds is 7. The van der Waals surface area contributed by atoms with E-state index < -0.39 is 27.9 Å². The lowest BCUT2D eigenvalue weighted by atomic mass is 10.1. The SMILES string of the molecule is COCC(OC(=O)Cc1ccccc1S(C)(=O)=O)C(=O)OC. The first-order valence-corrected chi connectivity index (χ1v) is 8.23. The molecule has 7 nitrogen and oxygen atoms in total. The molecular formula is C14H18O7S. The van der Waals surface area contributed by atoms with Gasteiger partial charge in [0.2, 0.25) is 6.10 Å². The van der Waals surface area contributed by atoms with Crippen LogP contribution in [0.25, 0.3) is 0 Å². The maximum absolute atomic E-state index is 11.9. The summed E-state index contributed by atoms with van der Waals surface area (Å²) >= 11 is 0. The van der Waals surface area contributed by atoms with E-state index in [4.69, 9.17) is 9.47 Å². The van der Waals surface area contributed by atoms with Gasteiger partial charge in [0.25, 0.3) is 0 Å². The quantitative estimate of drug-likeness (QED) is 0.666. The van der Waals surface area contributed by atoms with Crippen molar-refractivity contribution in [2.45, 2.75) is 17.4 Å². The van der Waals surface area contributed by atoms with Crippen LogP contribution < -0.4 is 0 Å². The number of carbonyl (C=O) groups excluding carboxylic acids is 2. The standard InChI is InChI=1S/C14H18O7S/c1-19-9-11(14(16)20-2)21-13(15)8-10-6-4-5-7-12(10)22(3,17)18/h4-7,11H,8-9H2,1-3H3. The predicted molar refractivity (Wildman–Crippen MR) is 77.0 cm³/mol. The van der Waals surface area contributed by atoms with Crippen molar-refractivity contribution in [2.24, 2.45) is 0 Å². The summed E-state index contributed by atoms with van der Waals surface area (Å²) in [7, 11) is -0.948. The van der Waals surface area contributed by atoms with Crippen LogP contribution in [0.4, 0.5) is 0 Å². The minimum atomic E-state index is -3.46. The summed E-state index contributed by atoms with van der Waals surface area (Å²) in [6.07, 6.45) is -0.410. The van der Waals surface area contributed by atoms with Gasteiger partial charge in [-0.3, -0.25) is 4.79 Å². The average molecular weight is 330 g/mol. The van der Waals surface area contributed by atoms with Gasteiger partial charge >= 0.3 is 11.9 Å². The zero-order chi connectivity index (χ0) is 16.8. The molecule has 0 aliphatic carbocycles. The number of sulfone groups is 1. The molecule has 0 aliphatic rings. The van der Waals surface area contributed by atoms with Crippen LogP contribution >= 0.6 is 0 Å². The van der Waals surface area contributed by atoms with Crippen LogP contribution in [0.1, 0.15) is 5.56 Å². The van der Waals surface area contributed by atoms with Crippen molar-refractivity contribution in [1.29, 1.82) is 0 Å². The van der Waals surface area contributed by atoms with Gasteiger partial charge in [0.05, 0.1) is 25.0 Å². The molecule has 0 aromatic heterocycles. The van der Waals surface area contributed by atoms with Crippen molar-refractivity contribution in [1.82, 2.24) is 0 Å². The van der Waals surface area contributed by atoms with Gasteiger partial charge in [0, 0.05) is 13.4 Å². The van der Waals surface area contributed by atoms with Gasteiger partial charge in [-0.05, 0) is 11.6 Å². The number of hydrogen-bond acceptors (Lipinski definition) is 7. The molecule has 0 fully saturated rings. The number of benzene rings is 1. The molecule has 1 aromatic rings. The first kappa shape index (κ1) is 18.1. The summed E-state index contributed by atoms with van der Waals surface area (Å²) in [5.74, 6) is -1.49. The molecule has 0 heterocycles. The van der Waals surface area contributed by atoms with Crippen LogP contribution in [0.2, 0.25) is 0 Å². The highest BCUT2D eigenvalue weighted by Gasteiger charge is 2.24. The second kappa shape index (κ2) is 7.90. The third-order valence-electron chi connectivity index (χ3n) is 2.76. The number of hydrogen-bond donors (Lipinski definition) is 0. The Morgan fingerprint density at radius 1 is 1.18 bits per heavy atom. The lowest BCUT2D eigenvalue weighted by molar-refractivity contribution is -0.169. The second-order valence-corrected chi connectivity index (χ2v) is 6.50. The fourth-order valence-corrected chi connectivity index (χ4v) is 2.74. The van der Waals surface area contributed by atoms with Gasteiger partial charge in [0.1, 0.15) is 0 Å². The molecule has 0 bridgehead atoms. The smallest absolute Gasteiger partial charge is 0.349 e. The zero-order valence-electron chi connectivity index (χ0n) is 12.6. The van der Waals surface area contributed by atoms with Crippen molar-refractivity contribution >= 4 is 21.8 Å². The van der Waals surface area contributed by atoms with E-state index in [-0.39, 0.29) is 17.9 Å². The Kier molecular flexibility index (Phi) is 6.51. The van der Waals surface area contributed by atoms with Crippen molar-refractivity contribution in [3.8, 4) is 0 Å². The maximum atomic E-state index is 11.9. The van der Waals surface area contributed by atoms with Crippen LogP contribution in [0.5, 0.6) is 0 Å². The third-order valence-corrected chi connectivity index (χ3v) is 3.96. The van der Waals surface area contributed by atoms with Crippen LogP contribution in [0.15, 0.2) is 29.2 Å². The lowest BCUT2D eigenvalue weighted by Crippen LogP contribution is -2.33. The highest BCUT2D eigenvalue weighted by atomic mass is 32.2. The van der Waals surface area contributed by atoms with Crippen molar-refractivity contribution in [2.75, 3.05) is 27.1 Å². The van der Waals surface area contributed by atoms with E-state index in [1.165, 1.54) is 19.2 Å². The Labute approximate surface area is 129 Å². The molecule has 0 radical (unpaired) electrons. The highest BCUT2D eigenvalue weighted by Crippen LogP contribution is 2.16. The van der Waals surface area contributed by atoms with Crippen molar-refractivity contribution in [3.05, 3.63) is 29.8 Å². The number of methoxy groups -OCH3 is 2. The molecule has 122 valence electrons. The molecule has 1 unspecified atom stereocenters. The van der Waals surface area contributed by atoms with E-state index in [2.05, 4.69) is 4.74 Å². The normalized spacial score (nSPS) is 12.5. The van der Waals surface area contributed by atoms with Gasteiger partial charge in [-0.15, -0.1) is 0 Å². The first-order valence-electron chi connectivity index (χ1n) is 6.33. The summed E-state index contributed by atoms with van der Waals surface area (Å²) < 4.78 is 37.6. The molecule has 0 aliphatic heterocycles. The van der Waals surface area contributed by atoms with E-state index >= 15 is 0 Å². The number of esters is 2. The Balaban J connectivity index is 2.87. The maximum Gasteiger partial charge on any atom is 0.349 e. The van der Waals surface area contributed by atoms with Gasteiger partial charge in [-0.25, -0.2) is 13.2 Å². The van der Waals surface area contributed by atoms with Gasteiger partial charge in [-0.2, -0.15) is 0 Å². The van der Waals surface area contributed by atoms with E-state index in [0.717, 1.165) is 13.4 Å². The molecule has 0 saturated heterocycles. The average Bonchev–Trinajstić information content (AvgIpc) is 2.45. The summed E-state index contributed by atoms with van der Waals surface area (Å²) in [5, 5.41) is 0. The largest absolute Gasteiger partial charge is 0.466 e. The van der Waals surface area contributed by atoms with Crippen LogP contribution in [-0.4, -0.2) is 53.5 Å². The van der Waals surface area contributed by atoms with Gasteiger partial charge < -0.3 is 14.2 Å². The summed E-state index contributed by atoms with van der Waals surface area (Å²) in [6.45, 7) is -0.147. The third kappa shape index (κ3) is 5.12. The lowest BCUT2D eigenvalue weighted by Gasteiger charge is -2.15. The highest BCUT2D eigenvalue weighted by molar-refractivity contribution is 7.90. The van der Waals surface area contributed by atoms with Crippen molar-refractivity contribution in [3.63, 3.8) is 0 Å². The molecule has 22 heavy (non-hydrogen) atoms. The van der Waals surface area contributed by atoms with Crippen molar-refractivity contribution < 1.29 is 32.2 Å². The fourth-order valence-electron chi connectivity index (χ4n) is 1.80. The monoisotopic (exact) mass is 330 g/mol. The molecule has 1 aromatic carbocycles. The van der Waals surface area contributed by atoms with E-state index in [1.807, 2.05) is 0 Å². The molecule has 0 saturated carbocycles. The molecule has 0 amide bonds. The number of ether oxygens (including phenoxy) is 3. The van der Waals surface area contributed by atoms with Crippen LogP contribution in [0, 0.1) is 0 Å². The Bertz CT molecular complexity index is 636. The first-order chi connectivity index (χ1) is 10.3. The Morgan fingerprint density at radius 3 is 2.36 bits per heavy atom. The molecule has 8 heteroatoms. The van der Waals surface area contributed by atoms with Crippen LogP contribution in [0.3, 0.4) is 0 Å². The summed E-state index contributed by atoms with van der Waals surface area (Å²) in [5.41, 5.74) is 0.302. The summed E-state index contributed by atoms with van der Waals surface area (Å²) in [4.78, 5) is 23.4. The fraction of sp³-hybridized carbons (Fsp3) is 0.429. The Hall–Kier alpha value is -1.93. The van der Waals surface area contributed by atoms with E-state index in [9.17, 15) is 18.0 Å². The number of carbonyl (C=O) groups is 2. The molecule has 0 spiro atoms. The summed E-state index contributed by atoms with van der Waals surface area (Å²) in [6, 6.07) is 6.10. The van der Waals surface area contributed by atoms with E-state index in [0.29, 0.717) is 5.56 Å². The van der Waals surface area contributed by atoms with Gasteiger partial charge in [0.15, 0.2) is 9.84 Å². The van der Waals surface area contributed by atoms with Crippen LogP contribution in [-0.2, 0) is 40.1 Å². The predicted octanol–water partition coefficient (Wildman–Crippen LogP) is 0.364. The molecule has 1 atom stereocenters. The molecule has 1 rings (SSSR count). The minimum absolute atomic E-state index is 0.0494. The topological polar surface area (TPSA) is 96.0 Å². The van der Waals surface area contributed by atoms with E-state index in [1.54, 1.807) is 12.1 Å². The van der Waals surface area contributed by atoms with Gasteiger partial charge in [-0.1, -0.05) is 18.2 Å². The second-order valence-electron chi connectivity index (χ2n) is 4.51. The zero-order valence-corrected chi connectivity index (χ0v) is 13.4. The Morgan fingerprint density at radius 2 is 1.82 bits per heavy atom.